The predicted molar refractivity (Wildman–Crippen MR) is 131 cm³/mol. The monoisotopic (exact) mass is 529 g/mol. The number of ether oxygens (including phenoxy) is 4. The summed E-state index contributed by atoms with van der Waals surface area (Å²) in [5.41, 5.74) is 2.10. The molecule has 0 spiro atoms. The van der Waals surface area contributed by atoms with Crippen LogP contribution < -0.4 is 29.6 Å². The molecule has 0 amide bonds. The first kappa shape index (κ1) is 25.7. The first-order chi connectivity index (χ1) is 14.0. The van der Waals surface area contributed by atoms with Gasteiger partial charge in [0.05, 0.1) is 27.9 Å². The molecule has 7 nitrogen and oxygen atoms in total. The summed E-state index contributed by atoms with van der Waals surface area (Å²) >= 11 is 0. The highest BCUT2D eigenvalue weighted by atomic mass is 127. The van der Waals surface area contributed by atoms with Crippen molar-refractivity contribution in [1.29, 1.82) is 0 Å². The van der Waals surface area contributed by atoms with Gasteiger partial charge < -0.3 is 29.6 Å². The molecule has 0 bridgehead atoms. The number of aliphatic imine (C=N–C) groups is 1. The number of hydrogen-bond acceptors (Lipinski definition) is 5. The van der Waals surface area contributed by atoms with Crippen LogP contribution in [0, 0.1) is 6.92 Å². The van der Waals surface area contributed by atoms with Crippen molar-refractivity contribution < 1.29 is 18.9 Å². The maximum Gasteiger partial charge on any atom is 0.203 e. The zero-order valence-corrected chi connectivity index (χ0v) is 20.8. The van der Waals surface area contributed by atoms with E-state index in [1.807, 2.05) is 50.2 Å². The number of nitrogens with one attached hydrogen (secondary N) is 2. The van der Waals surface area contributed by atoms with Crippen LogP contribution in [-0.4, -0.2) is 47.0 Å². The van der Waals surface area contributed by atoms with Gasteiger partial charge in [-0.05, 0) is 43.7 Å². The largest absolute Gasteiger partial charge is 0.493 e. The second-order valence-corrected chi connectivity index (χ2v) is 6.55. The second kappa shape index (κ2) is 13.0. The van der Waals surface area contributed by atoms with E-state index in [1.165, 1.54) is 5.56 Å². The van der Waals surface area contributed by atoms with Gasteiger partial charge in [-0.2, -0.15) is 0 Å². The summed E-state index contributed by atoms with van der Waals surface area (Å²) in [5, 5.41) is 6.56. The van der Waals surface area contributed by atoms with E-state index in [0.29, 0.717) is 36.3 Å². The molecular weight excluding hydrogens is 497 g/mol. The minimum atomic E-state index is -0.0223. The predicted octanol–water partition coefficient (Wildman–Crippen LogP) is 3.77. The molecule has 0 aliphatic carbocycles. The van der Waals surface area contributed by atoms with Crippen molar-refractivity contribution in [2.24, 2.45) is 4.99 Å². The molecule has 0 aliphatic heterocycles. The summed E-state index contributed by atoms with van der Waals surface area (Å²) < 4.78 is 22.2. The summed E-state index contributed by atoms with van der Waals surface area (Å²) in [6.45, 7) is 5.18. The summed E-state index contributed by atoms with van der Waals surface area (Å²) in [6.07, 6.45) is -0.0223. The number of halogens is 1. The molecule has 2 aromatic carbocycles. The SMILES string of the molecule is CN=C(NCc1ccc(OC)c(OC)c1OC)NCC(C)Oc1cccc(C)c1.I. The highest BCUT2D eigenvalue weighted by Gasteiger charge is 2.16. The molecule has 2 aromatic rings. The number of benzene rings is 2. The van der Waals surface area contributed by atoms with E-state index in [1.54, 1.807) is 28.4 Å². The van der Waals surface area contributed by atoms with Crippen LogP contribution in [0.25, 0.3) is 0 Å². The van der Waals surface area contributed by atoms with Crippen LogP contribution in [-0.2, 0) is 6.54 Å². The van der Waals surface area contributed by atoms with Gasteiger partial charge in [0.15, 0.2) is 17.5 Å². The Morgan fingerprint density at radius 2 is 1.73 bits per heavy atom. The molecule has 30 heavy (non-hydrogen) atoms. The molecule has 0 aliphatic rings. The first-order valence-electron chi connectivity index (χ1n) is 9.48. The Labute approximate surface area is 196 Å². The van der Waals surface area contributed by atoms with Crippen molar-refractivity contribution in [2.75, 3.05) is 34.9 Å². The van der Waals surface area contributed by atoms with Gasteiger partial charge in [-0.25, -0.2) is 0 Å². The third kappa shape index (κ3) is 7.16. The zero-order valence-electron chi connectivity index (χ0n) is 18.4. The van der Waals surface area contributed by atoms with Crippen LogP contribution in [0.5, 0.6) is 23.0 Å². The highest BCUT2D eigenvalue weighted by Crippen LogP contribution is 2.39. The van der Waals surface area contributed by atoms with E-state index in [4.69, 9.17) is 18.9 Å². The fourth-order valence-electron chi connectivity index (χ4n) is 2.90. The van der Waals surface area contributed by atoms with E-state index in [-0.39, 0.29) is 30.1 Å². The van der Waals surface area contributed by atoms with Gasteiger partial charge in [0.2, 0.25) is 5.75 Å². The van der Waals surface area contributed by atoms with E-state index >= 15 is 0 Å². The third-order valence-electron chi connectivity index (χ3n) is 4.34. The van der Waals surface area contributed by atoms with Crippen LogP contribution >= 0.6 is 24.0 Å². The van der Waals surface area contributed by atoms with Crippen molar-refractivity contribution in [3.05, 3.63) is 47.5 Å². The lowest BCUT2D eigenvalue weighted by atomic mass is 10.1. The van der Waals surface area contributed by atoms with E-state index < -0.39 is 0 Å². The first-order valence-corrected chi connectivity index (χ1v) is 9.48. The number of aryl methyl sites for hydroxylation is 1. The summed E-state index contributed by atoms with van der Waals surface area (Å²) in [7, 11) is 6.53. The lowest BCUT2D eigenvalue weighted by Crippen LogP contribution is -2.41. The van der Waals surface area contributed by atoms with Gasteiger partial charge in [-0.3, -0.25) is 4.99 Å². The Morgan fingerprint density at radius 3 is 2.33 bits per heavy atom. The second-order valence-electron chi connectivity index (χ2n) is 6.55. The third-order valence-corrected chi connectivity index (χ3v) is 4.34. The van der Waals surface area contributed by atoms with Crippen molar-refractivity contribution in [1.82, 2.24) is 10.6 Å². The molecule has 0 fully saturated rings. The maximum absolute atomic E-state index is 5.95. The number of nitrogens with zero attached hydrogens (tertiary/aromatic N) is 1. The fourth-order valence-corrected chi connectivity index (χ4v) is 2.90. The minimum absolute atomic E-state index is 0. The molecule has 0 saturated carbocycles. The van der Waals surface area contributed by atoms with Gasteiger partial charge in [-0.1, -0.05) is 12.1 Å². The summed E-state index contributed by atoms with van der Waals surface area (Å²) in [5.74, 6) is 3.35. The quantitative estimate of drug-likeness (QED) is 0.293. The number of methoxy groups -OCH3 is 3. The molecule has 0 radical (unpaired) electrons. The average Bonchev–Trinajstić information content (AvgIpc) is 2.73. The van der Waals surface area contributed by atoms with Crippen molar-refractivity contribution in [3.63, 3.8) is 0 Å². The van der Waals surface area contributed by atoms with E-state index in [0.717, 1.165) is 11.3 Å². The lowest BCUT2D eigenvalue weighted by molar-refractivity contribution is 0.223. The topological polar surface area (TPSA) is 73.3 Å². The van der Waals surface area contributed by atoms with E-state index in [9.17, 15) is 0 Å². The van der Waals surface area contributed by atoms with Gasteiger partial charge >= 0.3 is 0 Å². The number of hydrogen-bond donors (Lipinski definition) is 2. The summed E-state index contributed by atoms with van der Waals surface area (Å²) in [6, 6.07) is 11.8. The molecule has 1 atom stereocenters. The molecule has 166 valence electrons. The molecule has 2 rings (SSSR count). The Hall–Kier alpha value is -2.36. The average molecular weight is 529 g/mol. The maximum atomic E-state index is 5.95. The minimum Gasteiger partial charge on any atom is -0.493 e. The van der Waals surface area contributed by atoms with Crippen molar-refractivity contribution >= 4 is 29.9 Å². The Balaban J connectivity index is 0.00000450. The molecule has 2 N–H and O–H groups in total. The number of rotatable bonds is 9. The zero-order chi connectivity index (χ0) is 21.2. The van der Waals surface area contributed by atoms with Crippen LogP contribution in [0.3, 0.4) is 0 Å². The van der Waals surface area contributed by atoms with Crippen LogP contribution in [0.15, 0.2) is 41.4 Å². The molecule has 0 heterocycles. The molecular formula is C22H32IN3O4. The van der Waals surface area contributed by atoms with Gasteiger partial charge in [0.1, 0.15) is 11.9 Å². The molecule has 0 aromatic heterocycles. The smallest absolute Gasteiger partial charge is 0.203 e. The van der Waals surface area contributed by atoms with Crippen LogP contribution in [0.4, 0.5) is 0 Å². The highest BCUT2D eigenvalue weighted by molar-refractivity contribution is 14.0. The van der Waals surface area contributed by atoms with Gasteiger partial charge in [0, 0.05) is 19.2 Å². The molecule has 1 unspecified atom stereocenters. The Kier molecular flexibility index (Phi) is 11.2. The van der Waals surface area contributed by atoms with Crippen molar-refractivity contribution in [3.8, 4) is 23.0 Å². The molecule has 0 saturated heterocycles. The normalized spacial score (nSPS) is 11.7. The van der Waals surface area contributed by atoms with Gasteiger partial charge in [-0.15, -0.1) is 24.0 Å². The van der Waals surface area contributed by atoms with Gasteiger partial charge in [0.25, 0.3) is 0 Å². The Morgan fingerprint density at radius 1 is 1.00 bits per heavy atom. The summed E-state index contributed by atoms with van der Waals surface area (Å²) in [4.78, 5) is 4.27. The van der Waals surface area contributed by atoms with Crippen molar-refractivity contribution in [2.45, 2.75) is 26.5 Å². The number of guanidine groups is 1. The lowest BCUT2D eigenvalue weighted by Gasteiger charge is -2.19. The van der Waals surface area contributed by atoms with Crippen LogP contribution in [0.1, 0.15) is 18.1 Å². The molecule has 8 heteroatoms. The van der Waals surface area contributed by atoms with Crippen LogP contribution in [0.2, 0.25) is 0 Å². The fraction of sp³-hybridized carbons (Fsp3) is 0.409. The Bertz CT molecular complexity index is 830. The van der Waals surface area contributed by atoms with E-state index in [2.05, 4.69) is 15.6 Å². The standard InChI is InChI=1S/C22H31N3O4.HI/c1-15-8-7-9-18(12-15)29-16(2)13-24-22(23-3)25-14-17-10-11-19(26-4)21(28-6)20(17)27-5;/h7-12,16H,13-14H2,1-6H3,(H2,23,24,25);1H.